The molecule has 0 radical (unpaired) electrons. The van der Waals surface area contributed by atoms with Crippen molar-refractivity contribution in [2.75, 3.05) is 7.05 Å². The molecule has 2 aromatic heterocycles. The maximum absolute atomic E-state index is 4.26. The Kier molecular flexibility index (Phi) is 2.65. The summed E-state index contributed by atoms with van der Waals surface area (Å²) in [7, 11) is 1.94. The fourth-order valence-electron chi connectivity index (χ4n) is 1.51. The van der Waals surface area contributed by atoms with Crippen molar-refractivity contribution in [2.45, 2.75) is 13.0 Å². The van der Waals surface area contributed by atoms with Gasteiger partial charge in [-0.2, -0.15) is 0 Å². The Hall–Kier alpha value is -1.13. The summed E-state index contributed by atoms with van der Waals surface area (Å²) >= 11 is 1.76. The summed E-state index contributed by atoms with van der Waals surface area (Å²) in [5.74, 6) is 0.963. The lowest BCUT2D eigenvalue weighted by molar-refractivity contribution is 0.657. The molecular formula is C10H13N3S. The molecule has 2 rings (SSSR count). The first-order chi connectivity index (χ1) is 6.81. The van der Waals surface area contributed by atoms with Crippen LogP contribution in [0.1, 0.15) is 22.3 Å². The summed E-state index contributed by atoms with van der Waals surface area (Å²) in [6.45, 7) is 2.11. The molecule has 14 heavy (non-hydrogen) atoms. The quantitative estimate of drug-likeness (QED) is 0.809. The highest BCUT2D eigenvalue weighted by Crippen LogP contribution is 2.23. The molecular weight excluding hydrogens is 194 g/mol. The summed E-state index contributed by atoms with van der Waals surface area (Å²) in [5.41, 5.74) is 1.27. The van der Waals surface area contributed by atoms with Crippen LogP contribution < -0.4 is 5.32 Å². The van der Waals surface area contributed by atoms with Crippen LogP contribution in [0.3, 0.4) is 0 Å². The minimum atomic E-state index is 0.176. The first-order valence-corrected chi connectivity index (χ1v) is 5.41. The third-order valence-electron chi connectivity index (χ3n) is 2.17. The lowest BCUT2D eigenvalue weighted by Crippen LogP contribution is -2.18. The van der Waals surface area contributed by atoms with E-state index in [1.807, 2.05) is 13.2 Å². The van der Waals surface area contributed by atoms with E-state index < -0.39 is 0 Å². The predicted octanol–water partition coefficient (Wildman–Crippen LogP) is 2.09. The molecule has 4 heteroatoms. The number of hydrogen-bond acceptors (Lipinski definition) is 3. The molecule has 2 N–H and O–H groups in total. The molecule has 74 valence electrons. The van der Waals surface area contributed by atoms with E-state index >= 15 is 0 Å². The number of nitrogens with zero attached hydrogens (tertiary/aromatic N) is 1. The monoisotopic (exact) mass is 207 g/mol. The van der Waals surface area contributed by atoms with E-state index in [0.717, 1.165) is 5.82 Å². The van der Waals surface area contributed by atoms with Crippen molar-refractivity contribution in [3.63, 3.8) is 0 Å². The van der Waals surface area contributed by atoms with Crippen molar-refractivity contribution in [2.24, 2.45) is 0 Å². The molecule has 0 bridgehead atoms. The van der Waals surface area contributed by atoms with Crippen LogP contribution in [0.5, 0.6) is 0 Å². The fourth-order valence-corrected chi connectivity index (χ4v) is 2.24. The summed E-state index contributed by atoms with van der Waals surface area (Å²) in [6, 6.07) is 2.36. The molecule has 0 saturated heterocycles. The van der Waals surface area contributed by atoms with Gasteiger partial charge in [-0.15, -0.1) is 11.3 Å². The molecule has 0 aliphatic heterocycles. The van der Waals surface area contributed by atoms with Gasteiger partial charge in [0.2, 0.25) is 0 Å². The number of hydrogen-bond donors (Lipinski definition) is 2. The lowest BCUT2D eigenvalue weighted by atomic mass is 10.1. The van der Waals surface area contributed by atoms with Gasteiger partial charge < -0.3 is 10.3 Å². The molecule has 2 heterocycles. The van der Waals surface area contributed by atoms with Crippen LogP contribution in [0.15, 0.2) is 23.8 Å². The zero-order chi connectivity index (χ0) is 9.97. The van der Waals surface area contributed by atoms with Crippen LogP contribution in [0, 0.1) is 6.92 Å². The second-order valence-corrected chi connectivity index (χ2v) is 4.30. The van der Waals surface area contributed by atoms with Crippen molar-refractivity contribution < 1.29 is 0 Å². The zero-order valence-electron chi connectivity index (χ0n) is 8.24. The van der Waals surface area contributed by atoms with E-state index in [-0.39, 0.29) is 6.04 Å². The normalized spacial score (nSPS) is 13.0. The first kappa shape index (κ1) is 9.43. The Morgan fingerprint density at radius 2 is 2.43 bits per heavy atom. The number of H-pyrrole nitrogens is 1. The summed E-state index contributed by atoms with van der Waals surface area (Å²) in [5, 5.41) is 5.41. The fraction of sp³-hybridized carbons (Fsp3) is 0.300. The van der Waals surface area contributed by atoms with Gasteiger partial charge in [0.05, 0.1) is 6.04 Å². The molecule has 3 nitrogen and oxygen atoms in total. The van der Waals surface area contributed by atoms with Crippen LogP contribution in [0.2, 0.25) is 0 Å². The van der Waals surface area contributed by atoms with Crippen molar-refractivity contribution in [1.82, 2.24) is 15.3 Å². The van der Waals surface area contributed by atoms with Crippen molar-refractivity contribution in [3.05, 3.63) is 40.1 Å². The predicted molar refractivity (Wildman–Crippen MR) is 58.5 cm³/mol. The first-order valence-electron chi connectivity index (χ1n) is 4.53. The topological polar surface area (TPSA) is 40.7 Å². The molecule has 0 saturated carbocycles. The van der Waals surface area contributed by atoms with E-state index in [0.29, 0.717) is 0 Å². The summed E-state index contributed by atoms with van der Waals surface area (Å²) in [6.07, 6.45) is 3.62. The maximum atomic E-state index is 4.26. The van der Waals surface area contributed by atoms with E-state index in [2.05, 4.69) is 33.7 Å². The number of nitrogens with one attached hydrogen (secondary N) is 2. The SMILES string of the molecule is CNC(c1csc(C)c1)c1ncc[nH]1. The average Bonchev–Trinajstić information content (AvgIpc) is 2.79. The molecule has 0 aliphatic carbocycles. The third kappa shape index (κ3) is 1.71. The van der Waals surface area contributed by atoms with E-state index in [1.54, 1.807) is 17.5 Å². The molecule has 0 aromatic carbocycles. The number of imidazole rings is 1. The molecule has 1 unspecified atom stereocenters. The maximum Gasteiger partial charge on any atom is 0.127 e. The van der Waals surface area contributed by atoms with Gasteiger partial charge in [0.15, 0.2) is 0 Å². The van der Waals surface area contributed by atoms with Crippen LogP contribution in [-0.2, 0) is 0 Å². The van der Waals surface area contributed by atoms with Gasteiger partial charge in [0, 0.05) is 17.3 Å². The van der Waals surface area contributed by atoms with E-state index in [9.17, 15) is 0 Å². The molecule has 0 aliphatic rings. The smallest absolute Gasteiger partial charge is 0.127 e. The second-order valence-electron chi connectivity index (χ2n) is 3.19. The largest absolute Gasteiger partial charge is 0.347 e. The van der Waals surface area contributed by atoms with Crippen LogP contribution in [0.25, 0.3) is 0 Å². The van der Waals surface area contributed by atoms with Gasteiger partial charge in [0.25, 0.3) is 0 Å². The van der Waals surface area contributed by atoms with Crippen molar-refractivity contribution in [1.29, 1.82) is 0 Å². The standard InChI is InChI=1S/C10H13N3S/c1-7-5-8(6-14-7)9(11-2)10-12-3-4-13-10/h3-6,9,11H,1-2H3,(H,12,13). The Morgan fingerprint density at radius 1 is 1.57 bits per heavy atom. The van der Waals surface area contributed by atoms with Gasteiger partial charge in [-0.3, -0.25) is 0 Å². The highest BCUT2D eigenvalue weighted by molar-refractivity contribution is 7.10. The molecule has 0 spiro atoms. The Bertz CT molecular complexity index is 391. The van der Waals surface area contributed by atoms with Crippen LogP contribution >= 0.6 is 11.3 Å². The number of aryl methyl sites for hydroxylation is 1. The lowest BCUT2D eigenvalue weighted by Gasteiger charge is -2.11. The van der Waals surface area contributed by atoms with Crippen LogP contribution in [-0.4, -0.2) is 17.0 Å². The number of rotatable bonds is 3. The van der Waals surface area contributed by atoms with Crippen molar-refractivity contribution >= 4 is 11.3 Å². The van der Waals surface area contributed by atoms with Gasteiger partial charge >= 0.3 is 0 Å². The molecule has 1 atom stereocenters. The van der Waals surface area contributed by atoms with Gasteiger partial charge in [-0.1, -0.05) is 0 Å². The second kappa shape index (κ2) is 3.94. The van der Waals surface area contributed by atoms with E-state index in [1.165, 1.54) is 10.4 Å². The number of thiophene rings is 1. The molecule has 0 fully saturated rings. The van der Waals surface area contributed by atoms with Gasteiger partial charge in [-0.05, 0) is 31.0 Å². The highest BCUT2D eigenvalue weighted by atomic mass is 32.1. The molecule has 0 amide bonds. The minimum Gasteiger partial charge on any atom is -0.347 e. The minimum absolute atomic E-state index is 0.176. The third-order valence-corrected chi connectivity index (χ3v) is 3.05. The number of aromatic amines is 1. The van der Waals surface area contributed by atoms with Crippen LogP contribution in [0.4, 0.5) is 0 Å². The van der Waals surface area contributed by atoms with Gasteiger partial charge in [-0.25, -0.2) is 4.98 Å². The number of aromatic nitrogens is 2. The zero-order valence-corrected chi connectivity index (χ0v) is 9.06. The van der Waals surface area contributed by atoms with Gasteiger partial charge in [0.1, 0.15) is 5.82 Å². The highest BCUT2D eigenvalue weighted by Gasteiger charge is 2.14. The van der Waals surface area contributed by atoms with E-state index in [4.69, 9.17) is 0 Å². The Balaban J connectivity index is 2.31. The Labute approximate surface area is 87.2 Å². The summed E-state index contributed by atoms with van der Waals surface area (Å²) in [4.78, 5) is 8.71. The summed E-state index contributed by atoms with van der Waals surface area (Å²) < 4.78 is 0. The molecule has 2 aromatic rings. The van der Waals surface area contributed by atoms with Crippen molar-refractivity contribution in [3.8, 4) is 0 Å². The Morgan fingerprint density at radius 3 is 2.93 bits per heavy atom. The average molecular weight is 207 g/mol.